The van der Waals surface area contributed by atoms with Gasteiger partial charge in [0.25, 0.3) is 0 Å². The third-order valence-electron chi connectivity index (χ3n) is 0.888. The number of hydrogen-bond donors (Lipinski definition) is 0. The zero-order valence-corrected chi connectivity index (χ0v) is 8.44. The lowest BCUT2D eigenvalue weighted by Crippen LogP contribution is -2.30. The lowest BCUT2D eigenvalue weighted by molar-refractivity contribution is 1.60. The van der Waals surface area contributed by atoms with Crippen LogP contribution in [0.5, 0.6) is 0 Å². The normalized spacial score (nSPS) is 16.1. The van der Waals surface area contributed by atoms with Crippen LogP contribution in [0.2, 0.25) is 19.6 Å². The van der Waals surface area contributed by atoms with Gasteiger partial charge in [0.15, 0.2) is 0 Å². The second-order valence-corrected chi connectivity index (χ2v) is 10.6. The molecule has 0 aromatic rings. The molecular weight excluding hydrogens is 156 g/mol. The first-order valence-electron chi connectivity index (χ1n) is 2.65. The van der Waals surface area contributed by atoms with Crippen LogP contribution in [-0.2, 0) is 0 Å². The quantitative estimate of drug-likeness (QED) is 0.452. The molecule has 8 heavy (non-hydrogen) atoms. The monoisotopic (exact) mass is 168 g/mol. The minimum absolute atomic E-state index is 0.377. The van der Waals surface area contributed by atoms with Gasteiger partial charge in [-0.25, -0.2) is 0 Å². The van der Waals surface area contributed by atoms with Gasteiger partial charge in [-0.15, -0.1) is 23.4 Å². The summed E-state index contributed by atoms with van der Waals surface area (Å²) in [7, 11) is -1.03. The van der Waals surface area contributed by atoms with Crippen LogP contribution in [0.4, 0.5) is 0 Å². The van der Waals surface area contributed by atoms with Crippen LogP contribution in [0.1, 0.15) is 0 Å². The molecule has 0 saturated carbocycles. The summed E-state index contributed by atoms with van der Waals surface area (Å²) < 4.78 is 0.377. The van der Waals surface area contributed by atoms with Crippen molar-refractivity contribution in [3.05, 3.63) is 0 Å². The molecule has 0 aromatic heterocycles. The SMILES string of the molecule is CSC(Cl)[Si](C)(C)C. The molecule has 0 fully saturated rings. The fraction of sp³-hybridized carbons (Fsp3) is 1.00. The van der Waals surface area contributed by atoms with Crippen molar-refractivity contribution in [3.63, 3.8) is 0 Å². The van der Waals surface area contributed by atoms with Gasteiger partial charge in [-0.2, -0.15) is 0 Å². The summed E-state index contributed by atoms with van der Waals surface area (Å²) >= 11 is 7.72. The highest BCUT2D eigenvalue weighted by Crippen LogP contribution is 2.22. The van der Waals surface area contributed by atoms with E-state index in [2.05, 4.69) is 25.9 Å². The predicted molar refractivity (Wildman–Crippen MR) is 46.5 cm³/mol. The van der Waals surface area contributed by atoms with Crippen molar-refractivity contribution in [2.75, 3.05) is 6.26 Å². The molecule has 0 spiro atoms. The van der Waals surface area contributed by atoms with Gasteiger partial charge in [-0.3, -0.25) is 0 Å². The molecule has 1 atom stereocenters. The molecule has 0 rings (SSSR count). The molecule has 0 bridgehead atoms. The molecule has 0 amide bonds. The third-order valence-corrected chi connectivity index (χ3v) is 7.99. The molecule has 0 saturated heterocycles. The Morgan fingerprint density at radius 3 is 1.75 bits per heavy atom. The molecule has 0 aromatic carbocycles. The lowest BCUT2D eigenvalue weighted by Gasteiger charge is -2.20. The summed E-state index contributed by atoms with van der Waals surface area (Å²) in [6, 6.07) is 0. The number of alkyl halides is 1. The van der Waals surface area contributed by atoms with Crippen molar-refractivity contribution < 1.29 is 0 Å². The van der Waals surface area contributed by atoms with Crippen molar-refractivity contribution in [2.24, 2.45) is 0 Å². The Hall–Kier alpha value is 0.857. The first-order valence-corrected chi connectivity index (χ1v) is 7.95. The highest BCUT2D eigenvalue weighted by atomic mass is 35.5. The minimum Gasteiger partial charge on any atom is -0.149 e. The topological polar surface area (TPSA) is 0 Å². The summed E-state index contributed by atoms with van der Waals surface area (Å²) in [6.07, 6.45) is 2.07. The molecule has 0 aliphatic carbocycles. The number of rotatable bonds is 2. The van der Waals surface area contributed by atoms with Crippen LogP contribution in [0, 0.1) is 0 Å². The van der Waals surface area contributed by atoms with E-state index in [1.54, 1.807) is 11.8 Å². The zero-order valence-electron chi connectivity index (χ0n) is 5.86. The Labute approximate surface area is 62.0 Å². The van der Waals surface area contributed by atoms with Crippen LogP contribution in [0.3, 0.4) is 0 Å². The van der Waals surface area contributed by atoms with Gasteiger partial charge in [0.2, 0.25) is 0 Å². The standard InChI is InChI=1S/C5H13ClSSi/c1-7-5(6)8(2,3)4/h5H,1-4H3. The van der Waals surface area contributed by atoms with E-state index >= 15 is 0 Å². The highest BCUT2D eigenvalue weighted by molar-refractivity contribution is 8.02. The summed E-state index contributed by atoms with van der Waals surface area (Å²) in [5, 5.41) is 0. The molecule has 0 radical (unpaired) electrons. The highest BCUT2D eigenvalue weighted by Gasteiger charge is 2.22. The van der Waals surface area contributed by atoms with Crippen LogP contribution in [0.15, 0.2) is 0 Å². The van der Waals surface area contributed by atoms with Gasteiger partial charge < -0.3 is 0 Å². The molecular formula is C5H13ClSSi. The zero-order chi connectivity index (χ0) is 6.78. The molecule has 3 heteroatoms. The Morgan fingerprint density at radius 1 is 1.38 bits per heavy atom. The first-order chi connectivity index (χ1) is 3.48. The second kappa shape index (κ2) is 3.13. The molecule has 0 heterocycles. The molecule has 0 N–H and O–H groups in total. The minimum atomic E-state index is -1.03. The maximum atomic E-state index is 5.97. The predicted octanol–water partition coefficient (Wildman–Crippen LogP) is 2.79. The summed E-state index contributed by atoms with van der Waals surface area (Å²) in [4.78, 5) is 0. The fourth-order valence-electron chi connectivity index (χ4n) is 0.354. The van der Waals surface area contributed by atoms with E-state index in [-0.39, 0.29) is 0 Å². The summed E-state index contributed by atoms with van der Waals surface area (Å²) in [5.74, 6) is 0. The van der Waals surface area contributed by atoms with E-state index in [0.717, 1.165) is 0 Å². The molecule has 0 aliphatic rings. The number of halogens is 1. The van der Waals surface area contributed by atoms with E-state index in [9.17, 15) is 0 Å². The lowest BCUT2D eigenvalue weighted by atomic mass is 11.7. The van der Waals surface area contributed by atoms with Crippen LogP contribution in [-0.4, -0.2) is 18.7 Å². The van der Waals surface area contributed by atoms with Crippen LogP contribution < -0.4 is 0 Å². The fourth-order valence-corrected chi connectivity index (χ4v) is 3.18. The van der Waals surface area contributed by atoms with Crippen molar-refractivity contribution >= 4 is 31.4 Å². The van der Waals surface area contributed by atoms with Gasteiger partial charge in [0.05, 0.1) is 12.4 Å². The Bertz CT molecular complexity index is 69.3. The summed E-state index contributed by atoms with van der Waals surface area (Å²) in [5.41, 5.74) is 0. The van der Waals surface area contributed by atoms with Gasteiger partial charge in [-0.05, 0) is 6.26 Å². The van der Waals surface area contributed by atoms with Gasteiger partial charge >= 0.3 is 0 Å². The van der Waals surface area contributed by atoms with Gasteiger partial charge in [0, 0.05) is 0 Å². The number of thioether (sulfide) groups is 1. The van der Waals surface area contributed by atoms with Crippen LogP contribution in [0.25, 0.3) is 0 Å². The first kappa shape index (κ1) is 8.86. The maximum absolute atomic E-state index is 5.97. The number of hydrogen-bond acceptors (Lipinski definition) is 1. The molecule has 0 nitrogen and oxygen atoms in total. The largest absolute Gasteiger partial charge is 0.149 e. The Morgan fingerprint density at radius 2 is 1.75 bits per heavy atom. The molecule has 50 valence electrons. The van der Waals surface area contributed by atoms with Crippen molar-refractivity contribution in [1.29, 1.82) is 0 Å². The average molecular weight is 169 g/mol. The second-order valence-electron chi connectivity index (χ2n) is 2.92. The average Bonchev–Trinajstić information content (AvgIpc) is 1.62. The Balaban J connectivity index is 3.62. The van der Waals surface area contributed by atoms with Crippen molar-refractivity contribution in [2.45, 2.75) is 24.0 Å². The Kier molecular flexibility index (Phi) is 3.47. The smallest absolute Gasteiger partial charge is 0.0775 e. The van der Waals surface area contributed by atoms with E-state index in [1.807, 2.05) is 0 Å². The maximum Gasteiger partial charge on any atom is 0.0775 e. The summed E-state index contributed by atoms with van der Waals surface area (Å²) in [6.45, 7) is 6.84. The van der Waals surface area contributed by atoms with E-state index < -0.39 is 8.07 Å². The molecule has 1 unspecified atom stereocenters. The van der Waals surface area contributed by atoms with Crippen molar-refractivity contribution in [3.8, 4) is 0 Å². The van der Waals surface area contributed by atoms with E-state index in [4.69, 9.17) is 11.6 Å². The van der Waals surface area contributed by atoms with Gasteiger partial charge in [0.1, 0.15) is 0 Å². The third kappa shape index (κ3) is 3.00. The molecule has 0 aliphatic heterocycles. The van der Waals surface area contributed by atoms with Crippen molar-refractivity contribution in [1.82, 2.24) is 0 Å². The van der Waals surface area contributed by atoms with Gasteiger partial charge in [-0.1, -0.05) is 19.6 Å². The van der Waals surface area contributed by atoms with Crippen LogP contribution >= 0.6 is 23.4 Å². The van der Waals surface area contributed by atoms with E-state index in [0.29, 0.717) is 4.33 Å². The van der Waals surface area contributed by atoms with E-state index in [1.165, 1.54) is 0 Å².